The normalized spacial score (nSPS) is 9.71. The van der Waals surface area contributed by atoms with Crippen LogP contribution >= 0.6 is 11.3 Å². The first-order valence-electron chi connectivity index (χ1n) is 4.20. The van der Waals surface area contributed by atoms with Gasteiger partial charge in [-0.05, 0) is 12.5 Å². The second-order valence-electron chi connectivity index (χ2n) is 2.90. The van der Waals surface area contributed by atoms with Gasteiger partial charge in [0.25, 0.3) is 0 Å². The van der Waals surface area contributed by atoms with Crippen molar-refractivity contribution in [2.45, 2.75) is 6.92 Å². The highest BCUT2D eigenvalue weighted by Crippen LogP contribution is 2.27. The molecule has 0 atom stereocenters. The Labute approximate surface area is 86.7 Å². The summed E-state index contributed by atoms with van der Waals surface area (Å²) in [5.41, 5.74) is 1.80. The molecule has 1 aromatic carbocycles. The maximum atomic E-state index is 6.84. The van der Waals surface area contributed by atoms with Gasteiger partial charge in [-0.25, -0.2) is 9.83 Å². The second-order valence-corrected chi connectivity index (χ2v) is 4.14. The largest absolute Gasteiger partial charge is 0.249 e. The van der Waals surface area contributed by atoms with Gasteiger partial charge in [0.05, 0.1) is 16.5 Å². The lowest BCUT2D eigenvalue weighted by molar-refractivity contribution is 1.30. The molecule has 0 saturated heterocycles. The molecule has 0 aliphatic rings. The van der Waals surface area contributed by atoms with Crippen LogP contribution in [0.5, 0.6) is 0 Å². The van der Waals surface area contributed by atoms with Crippen LogP contribution in [0.25, 0.3) is 15.3 Å². The third-order valence-corrected chi connectivity index (χ3v) is 2.86. The molecule has 1 aromatic heterocycles. The molecular weight excluding hydrogens is 192 g/mol. The van der Waals surface area contributed by atoms with E-state index >= 15 is 0 Å². The maximum Gasteiger partial charge on any atom is 0.187 e. The molecule has 0 N–H and O–H groups in total. The molecule has 2 nitrogen and oxygen atoms in total. The zero-order chi connectivity index (χ0) is 9.97. The summed E-state index contributed by atoms with van der Waals surface area (Å²) < 4.78 is 0. The van der Waals surface area contributed by atoms with Crippen LogP contribution in [0.2, 0.25) is 0 Å². The molecule has 0 amide bonds. The Morgan fingerprint density at radius 1 is 1.29 bits per heavy atom. The van der Waals surface area contributed by atoms with Crippen LogP contribution in [-0.4, -0.2) is 4.98 Å². The van der Waals surface area contributed by atoms with Crippen molar-refractivity contribution >= 4 is 17.0 Å². The summed E-state index contributed by atoms with van der Waals surface area (Å²) in [6.07, 6.45) is 1.87. The topological polar surface area (TPSA) is 17.2 Å². The molecule has 14 heavy (non-hydrogen) atoms. The van der Waals surface area contributed by atoms with E-state index in [1.54, 1.807) is 11.3 Å². The van der Waals surface area contributed by atoms with Crippen molar-refractivity contribution in [2.24, 2.45) is 0 Å². The third kappa shape index (κ3) is 1.66. The first-order chi connectivity index (χ1) is 6.79. The van der Waals surface area contributed by atoms with Gasteiger partial charge < -0.3 is 0 Å². The van der Waals surface area contributed by atoms with Crippen molar-refractivity contribution in [1.29, 1.82) is 0 Å². The fraction of sp³-hybridized carbons (Fsp3) is 0.0909. The van der Waals surface area contributed by atoms with Gasteiger partial charge in [0.2, 0.25) is 0 Å². The monoisotopic (exact) mass is 200 g/mol. The number of hydrogen-bond acceptors (Lipinski definition) is 2. The van der Waals surface area contributed by atoms with Crippen LogP contribution in [0.4, 0.5) is 5.69 Å². The number of aromatic nitrogens is 1. The van der Waals surface area contributed by atoms with E-state index in [1.807, 2.05) is 37.4 Å². The minimum absolute atomic E-state index is 0.676. The summed E-state index contributed by atoms with van der Waals surface area (Å²) in [5, 5.41) is 1.06. The highest BCUT2D eigenvalue weighted by molar-refractivity contribution is 7.15. The van der Waals surface area contributed by atoms with Crippen LogP contribution in [0, 0.1) is 13.5 Å². The van der Waals surface area contributed by atoms with E-state index in [2.05, 4.69) is 9.83 Å². The van der Waals surface area contributed by atoms with Crippen molar-refractivity contribution in [3.63, 3.8) is 0 Å². The number of aryl methyl sites for hydroxylation is 1. The second kappa shape index (κ2) is 3.60. The highest BCUT2D eigenvalue weighted by Gasteiger charge is 2.00. The van der Waals surface area contributed by atoms with Gasteiger partial charge in [-0.1, -0.05) is 24.3 Å². The molecule has 0 fully saturated rings. The van der Waals surface area contributed by atoms with Crippen molar-refractivity contribution in [2.75, 3.05) is 0 Å². The van der Waals surface area contributed by atoms with Crippen LogP contribution in [0.3, 0.4) is 0 Å². The zero-order valence-corrected chi connectivity index (χ0v) is 8.51. The van der Waals surface area contributed by atoms with E-state index < -0.39 is 0 Å². The number of benzene rings is 1. The van der Waals surface area contributed by atoms with Crippen LogP contribution in [0.15, 0.2) is 30.5 Å². The van der Waals surface area contributed by atoms with E-state index in [0.717, 1.165) is 15.4 Å². The average molecular weight is 200 g/mol. The lowest BCUT2D eigenvalue weighted by atomic mass is 10.2. The molecular formula is C11H8N2S. The van der Waals surface area contributed by atoms with E-state index in [-0.39, 0.29) is 0 Å². The summed E-state index contributed by atoms with van der Waals surface area (Å²) in [6, 6.07) is 7.58. The summed E-state index contributed by atoms with van der Waals surface area (Å²) in [4.78, 5) is 8.69. The van der Waals surface area contributed by atoms with Crippen LogP contribution < -0.4 is 0 Å². The van der Waals surface area contributed by atoms with Crippen molar-refractivity contribution < 1.29 is 0 Å². The average Bonchev–Trinajstić information content (AvgIpc) is 2.65. The van der Waals surface area contributed by atoms with Gasteiger partial charge in [-0.15, -0.1) is 11.3 Å². The van der Waals surface area contributed by atoms with Crippen LogP contribution in [-0.2, 0) is 0 Å². The Morgan fingerprint density at radius 3 is 2.50 bits per heavy atom. The predicted octanol–water partition coefficient (Wildman–Crippen LogP) is 3.67. The third-order valence-electron chi connectivity index (χ3n) is 1.90. The van der Waals surface area contributed by atoms with Crippen molar-refractivity contribution in [3.8, 4) is 10.4 Å². The molecule has 3 heteroatoms. The Kier molecular flexibility index (Phi) is 2.30. The molecule has 68 valence electrons. The molecule has 1 heterocycles. The minimum atomic E-state index is 0.676. The fourth-order valence-electron chi connectivity index (χ4n) is 1.20. The number of thiazole rings is 1. The van der Waals surface area contributed by atoms with Gasteiger partial charge in [0, 0.05) is 6.20 Å². The smallest absolute Gasteiger partial charge is 0.187 e. The molecule has 0 aliphatic carbocycles. The Morgan fingerprint density at radius 2 is 2.00 bits per heavy atom. The lowest BCUT2D eigenvalue weighted by Crippen LogP contribution is -1.69. The summed E-state index contributed by atoms with van der Waals surface area (Å²) in [5.74, 6) is 0. The Balaban J connectivity index is 2.39. The molecule has 2 aromatic rings. The molecule has 0 saturated carbocycles. The Hall–Kier alpha value is -1.66. The van der Waals surface area contributed by atoms with Crippen molar-refractivity contribution in [3.05, 3.63) is 46.9 Å². The quantitative estimate of drug-likeness (QED) is 0.642. The standard InChI is InChI=1S/C11H8N2S/c1-8-13-7-11(14-8)9-3-5-10(12-2)6-4-9/h3-7H,1H3. The van der Waals surface area contributed by atoms with Crippen molar-refractivity contribution in [1.82, 2.24) is 4.98 Å². The number of rotatable bonds is 1. The van der Waals surface area contributed by atoms with Crippen LogP contribution in [0.1, 0.15) is 5.01 Å². The molecule has 0 bridgehead atoms. The summed E-state index contributed by atoms with van der Waals surface area (Å²) in [6.45, 7) is 8.83. The molecule has 2 rings (SSSR count). The van der Waals surface area contributed by atoms with Gasteiger partial charge >= 0.3 is 0 Å². The minimum Gasteiger partial charge on any atom is -0.249 e. The van der Waals surface area contributed by atoms with E-state index in [1.165, 1.54) is 0 Å². The van der Waals surface area contributed by atoms with Gasteiger partial charge in [0.15, 0.2) is 5.69 Å². The number of hydrogen-bond donors (Lipinski definition) is 0. The SMILES string of the molecule is [C-]#[N+]c1ccc(-c2cnc(C)s2)cc1. The van der Waals surface area contributed by atoms with Gasteiger partial charge in [-0.2, -0.15) is 0 Å². The van der Waals surface area contributed by atoms with Gasteiger partial charge in [0.1, 0.15) is 0 Å². The number of nitrogens with zero attached hydrogens (tertiary/aromatic N) is 2. The molecule has 0 aliphatic heterocycles. The summed E-state index contributed by atoms with van der Waals surface area (Å²) in [7, 11) is 0. The molecule has 0 unspecified atom stereocenters. The van der Waals surface area contributed by atoms with E-state index in [9.17, 15) is 0 Å². The van der Waals surface area contributed by atoms with E-state index in [0.29, 0.717) is 5.69 Å². The zero-order valence-electron chi connectivity index (χ0n) is 7.69. The molecule has 0 spiro atoms. The predicted molar refractivity (Wildman–Crippen MR) is 58.5 cm³/mol. The first kappa shape index (κ1) is 8.92. The molecule has 0 radical (unpaired) electrons. The summed E-state index contributed by atoms with van der Waals surface area (Å²) >= 11 is 1.67. The maximum absolute atomic E-state index is 6.84. The van der Waals surface area contributed by atoms with Gasteiger partial charge in [-0.3, -0.25) is 0 Å². The lowest BCUT2D eigenvalue weighted by Gasteiger charge is -1.95. The fourth-order valence-corrected chi connectivity index (χ4v) is 1.98. The first-order valence-corrected chi connectivity index (χ1v) is 5.01. The van der Waals surface area contributed by atoms with E-state index in [4.69, 9.17) is 6.57 Å². The highest BCUT2D eigenvalue weighted by atomic mass is 32.1. The Bertz CT molecular complexity index is 477.